The maximum Gasteiger partial charge on any atom is 1.00 e. The number of unbranched alkanes of at least 4 members (excludes halogenated alkanes) is 1. The predicted octanol–water partition coefficient (Wildman–Crippen LogP) is 6.64. The molecule has 0 amide bonds. The van der Waals surface area contributed by atoms with Gasteiger partial charge in [-0.2, -0.15) is 0 Å². The summed E-state index contributed by atoms with van der Waals surface area (Å²) < 4.78 is 19.3. The van der Waals surface area contributed by atoms with Gasteiger partial charge in [-0.05, 0) is 122 Å². The molecule has 2 aliphatic carbocycles. The molecule has 2 N–H and O–H groups in total. The molecule has 5 rings (SSSR count). The molecule has 0 aromatic rings. The minimum Gasteiger partial charge on any atom is -0.644 e. The zero-order chi connectivity index (χ0) is 30.2. The maximum atomic E-state index is 11.0. The average molecular weight is 666 g/mol. The van der Waals surface area contributed by atoms with E-state index in [9.17, 15) is 5.11 Å². The number of rotatable bonds is 13. The molecule has 5 aliphatic rings. The van der Waals surface area contributed by atoms with Crippen molar-refractivity contribution >= 4 is 0 Å². The number of nitrogens with zero attached hydrogens (tertiary/aromatic N) is 2. The van der Waals surface area contributed by atoms with Crippen molar-refractivity contribution in [1.82, 2.24) is 10.2 Å². The first-order valence-corrected chi connectivity index (χ1v) is 18.3. The quantitative estimate of drug-likeness (QED) is 0.170. The Bertz CT molecular complexity index is 834. The fraction of sp³-hybridized carbons (Fsp3) is 0.944. The summed E-state index contributed by atoms with van der Waals surface area (Å²) >= 11 is 0. The van der Waals surface area contributed by atoms with Gasteiger partial charge in [-0.1, -0.05) is 57.3 Å². The zero-order valence-electron chi connectivity index (χ0n) is 28.2. The SMILES string of the molecule is CCCCN1CCC(/C=C/C2CCC(C3OC(C)CC(CC(O)CCOC4CCCC5C(C)[N-]C(NC)C45)O3)CC2)CC1.[Cu+]. The molecule has 5 fully saturated rings. The van der Waals surface area contributed by atoms with Crippen LogP contribution in [0, 0.1) is 29.6 Å². The van der Waals surface area contributed by atoms with Gasteiger partial charge in [-0.3, -0.25) is 0 Å². The number of hydrogen-bond acceptors (Lipinski definition) is 6. The van der Waals surface area contributed by atoms with Crippen LogP contribution in [0.1, 0.15) is 111 Å². The summed E-state index contributed by atoms with van der Waals surface area (Å²) in [5, 5.41) is 19.3. The Kier molecular flexibility index (Phi) is 15.5. The summed E-state index contributed by atoms with van der Waals surface area (Å²) in [6, 6.07) is 0.412. The molecule has 9 atom stereocenters. The van der Waals surface area contributed by atoms with Crippen molar-refractivity contribution in [1.29, 1.82) is 0 Å². The van der Waals surface area contributed by atoms with E-state index < -0.39 is 6.10 Å². The van der Waals surface area contributed by atoms with Crippen LogP contribution in [0.5, 0.6) is 0 Å². The second-order valence-corrected chi connectivity index (χ2v) is 14.8. The van der Waals surface area contributed by atoms with Gasteiger partial charge < -0.3 is 34.9 Å². The third-order valence-electron chi connectivity index (χ3n) is 11.5. The van der Waals surface area contributed by atoms with Gasteiger partial charge in [0.1, 0.15) is 0 Å². The normalized spacial score (nSPS) is 39.7. The summed E-state index contributed by atoms with van der Waals surface area (Å²) in [7, 11) is 2.02. The Morgan fingerprint density at radius 1 is 1.00 bits per heavy atom. The largest absolute Gasteiger partial charge is 1.00 e. The standard InChI is InChI=1S/C36H64N3O4.Cu/c1-5-6-19-39-20-16-28(17-21-39)11-10-27-12-14-29(15-13-27)36-42-25(2)23-31(43-36)24-30(40)18-22-41-33-9-7-8-32-26(3)38-35(37-4)34(32)33;/h10-11,25-37,40H,5-9,12-24H2,1-4H3;/q-1;+1/b11-10+;. The molecule has 0 radical (unpaired) electrons. The molecule has 0 aromatic carbocycles. The third-order valence-corrected chi connectivity index (χ3v) is 11.5. The van der Waals surface area contributed by atoms with E-state index in [4.69, 9.17) is 19.5 Å². The van der Waals surface area contributed by atoms with Gasteiger partial charge in [0.2, 0.25) is 0 Å². The maximum absolute atomic E-state index is 11.0. The molecular weight excluding hydrogens is 602 g/mol. The van der Waals surface area contributed by atoms with E-state index in [0.29, 0.717) is 49.2 Å². The number of likely N-dealkylation sites (tertiary alicyclic amines) is 1. The Balaban J connectivity index is 0.00000442. The molecule has 0 aromatic heterocycles. The van der Waals surface area contributed by atoms with Crippen LogP contribution in [0.15, 0.2) is 12.2 Å². The monoisotopic (exact) mass is 665 g/mol. The topological polar surface area (TPSA) is 77.3 Å². The third kappa shape index (κ3) is 10.2. The van der Waals surface area contributed by atoms with Crippen LogP contribution in [0.25, 0.3) is 5.32 Å². The summed E-state index contributed by atoms with van der Waals surface area (Å²) in [6.45, 7) is 11.1. The van der Waals surface area contributed by atoms with E-state index >= 15 is 0 Å². The zero-order valence-corrected chi connectivity index (χ0v) is 29.1. The Morgan fingerprint density at radius 3 is 2.43 bits per heavy atom. The van der Waals surface area contributed by atoms with E-state index in [1.807, 2.05) is 7.05 Å². The number of aliphatic hydroxyl groups excluding tert-OH is 1. The average Bonchev–Trinajstić information content (AvgIpc) is 3.35. The summed E-state index contributed by atoms with van der Waals surface area (Å²) in [5.41, 5.74) is 0. The van der Waals surface area contributed by atoms with E-state index in [-0.39, 0.29) is 47.8 Å². The number of allylic oxidation sites excluding steroid dienone is 2. The van der Waals surface area contributed by atoms with E-state index in [2.05, 4.69) is 43.1 Å². The number of aliphatic hydroxyl groups is 1. The molecule has 9 unspecified atom stereocenters. The van der Waals surface area contributed by atoms with Crippen LogP contribution in [0.4, 0.5) is 0 Å². The number of fused-ring (bicyclic) bond motifs is 1. The van der Waals surface area contributed by atoms with Gasteiger partial charge in [0.25, 0.3) is 0 Å². The minimum atomic E-state index is -0.401. The Labute approximate surface area is 279 Å². The number of ether oxygens (including phenoxy) is 3. The van der Waals surface area contributed by atoms with Gasteiger partial charge in [-0.15, -0.1) is 6.04 Å². The first-order chi connectivity index (χ1) is 20.9. The van der Waals surface area contributed by atoms with Crippen molar-refractivity contribution in [2.75, 3.05) is 33.3 Å². The molecule has 8 heteroatoms. The predicted molar refractivity (Wildman–Crippen MR) is 174 cm³/mol. The number of piperidine rings is 1. The molecule has 3 saturated heterocycles. The van der Waals surface area contributed by atoms with Crippen LogP contribution in [-0.4, -0.2) is 86.2 Å². The second-order valence-electron chi connectivity index (χ2n) is 14.8. The molecule has 2 saturated carbocycles. The minimum absolute atomic E-state index is 0. The van der Waals surface area contributed by atoms with Gasteiger partial charge in [0.15, 0.2) is 6.29 Å². The molecule has 0 spiro atoms. The molecular formula is C36H64CuN3O4. The fourth-order valence-electron chi connectivity index (χ4n) is 8.90. The van der Waals surface area contributed by atoms with Crippen LogP contribution >= 0.6 is 0 Å². The van der Waals surface area contributed by atoms with Crippen LogP contribution < -0.4 is 5.32 Å². The molecule has 258 valence electrons. The Hall–Kier alpha value is -0.0205. The number of nitrogens with one attached hydrogen (secondary N) is 1. The van der Waals surface area contributed by atoms with E-state index in [1.54, 1.807) is 0 Å². The first-order valence-electron chi connectivity index (χ1n) is 18.3. The van der Waals surface area contributed by atoms with Crippen molar-refractivity contribution in [3.8, 4) is 0 Å². The molecule has 3 aliphatic heterocycles. The second kappa shape index (κ2) is 18.5. The first kappa shape index (κ1) is 36.8. The fourth-order valence-corrected chi connectivity index (χ4v) is 8.90. The summed E-state index contributed by atoms with van der Waals surface area (Å²) in [5.74, 6) is 3.03. The van der Waals surface area contributed by atoms with E-state index in [0.717, 1.165) is 18.8 Å². The van der Waals surface area contributed by atoms with Crippen LogP contribution in [-0.2, 0) is 31.3 Å². The van der Waals surface area contributed by atoms with Crippen LogP contribution in [0.2, 0.25) is 0 Å². The van der Waals surface area contributed by atoms with Crippen molar-refractivity contribution in [2.45, 2.75) is 154 Å². The number of hydrogen-bond donors (Lipinski definition) is 2. The molecule has 3 heterocycles. The van der Waals surface area contributed by atoms with Gasteiger partial charge in [0.05, 0.1) is 24.4 Å². The summed E-state index contributed by atoms with van der Waals surface area (Å²) in [6.07, 6.45) is 21.1. The van der Waals surface area contributed by atoms with E-state index in [1.165, 1.54) is 83.8 Å². The van der Waals surface area contributed by atoms with Crippen molar-refractivity contribution in [3.63, 3.8) is 0 Å². The van der Waals surface area contributed by atoms with Crippen molar-refractivity contribution < 1.29 is 36.4 Å². The molecule has 0 bridgehead atoms. The van der Waals surface area contributed by atoms with Crippen molar-refractivity contribution in [3.05, 3.63) is 17.5 Å². The van der Waals surface area contributed by atoms with Gasteiger partial charge in [0, 0.05) is 12.5 Å². The van der Waals surface area contributed by atoms with Crippen molar-refractivity contribution in [2.24, 2.45) is 29.6 Å². The van der Waals surface area contributed by atoms with Gasteiger partial charge in [-0.25, -0.2) is 0 Å². The summed E-state index contributed by atoms with van der Waals surface area (Å²) in [4.78, 5) is 2.66. The molecule has 7 nitrogen and oxygen atoms in total. The van der Waals surface area contributed by atoms with Crippen LogP contribution in [0.3, 0.4) is 0 Å². The molecule has 44 heavy (non-hydrogen) atoms. The smallest absolute Gasteiger partial charge is 0.644 e. The van der Waals surface area contributed by atoms with Gasteiger partial charge >= 0.3 is 17.1 Å². The Morgan fingerprint density at radius 2 is 1.73 bits per heavy atom.